The molecule has 36 heavy (non-hydrogen) atoms. The van der Waals surface area contributed by atoms with E-state index in [4.69, 9.17) is 0 Å². The molecule has 0 bridgehead atoms. The van der Waals surface area contributed by atoms with Gasteiger partial charge in [-0.15, -0.1) is 11.3 Å². The van der Waals surface area contributed by atoms with Crippen molar-refractivity contribution in [2.24, 2.45) is 5.92 Å². The maximum atomic E-state index is 13.9. The molecule has 0 saturated heterocycles. The Morgan fingerprint density at radius 2 is 1.42 bits per heavy atom. The second kappa shape index (κ2) is 9.74. The Balaban J connectivity index is 2.28. The molecule has 1 aromatic carbocycles. The number of benzene rings is 1. The number of nitrogens with zero attached hydrogens (tertiary/aromatic N) is 1. The summed E-state index contributed by atoms with van der Waals surface area (Å²) in [5.41, 5.74) is 1.32. The van der Waals surface area contributed by atoms with Gasteiger partial charge in [0.15, 0.2) is 5.13 Å². The molecule has 0 aliphatic heterocycles. The van der Waals surface area contributed by atoms with Gasteiger partial charge in [0, 0.05) is 10.9 Å². The highest BCUT2D eigenvalue weighted by atomic mass is 32.1. The van der Waals surface area contributed by atoms with Crippen molar-refractivity contribution in [3.8, 4) is 11.3 Å². The van der Waals surface area contributed by atoms with E-state index in [0.29, 0.717) is 22.8 Å². The number of alkyl halides is 12. The molecule has 0 atom stereocenters. The maximum Gasteiger partial charge on any atom is 0.393 e. The summed E-state index contributed by atoms with van der Waals surface area (Å²) in [4.78, 5) is 15.3. The van der Waals surface area contributed by atoms with Crippen LogP contribution >= 0.6 is 11.3 Å². The Morgan fingerprint density at radius 3 is 1.89 bits per heavy atom. The molecule has 0 aliphatic rings. The lowest BCUT2D eigenvalue weighted by atomic mass is 9.94. The van der Waals surface area contributed by atoms with Crippen LogP contribution < -0.4 is 5.32 Å². The highest BCUT2D eigenvalue weighted by Gasteiger charge is 2.89. The van der Waals surface area contributed by atoms with E-state index in [-0.39, 0.29) is 5.69 Å². The van der Waals surface area contributed by atoms with E-state index in [0.717, 1.165) is 22.7 Å². The zero-order valence-corrected chi connectivity index (χ0v) is 18.9. The fourth-order valence-electron chi connectivity index (χ4n) is 2.81. The van der Waals surface area contributed by atoms with Gasteiger partial charge in [0.25, 0.3) is 0 Å². The van der Waals surface area contributed by atoms with Crippen LogP contribution in [0.4, 0.5) is 57.8 Å². The van der Waals surface area contributed by atoms with Gasteiger partial charge in [-0.3, -0.25) is 10.1 Å². The molecule has 0 unspecified atom stereocenters. The van der Waals surface area contributed by atoms with Crippen LogP contribution in [0.5, 0.6) is 0 Å². The number of amides is 1. The second-order valence-electron chi connectivity index (χ2n) is 8.01. The van der Waals surface area contributed by atoms with Crippen molar-refractivity contribution in [2.45, 2.75) is 56.3 Å². The molecule has 0 saturated carbocycles. The average molecular weight is 560 g/mol. The summed E-state index contributed by atoms with van der Waals surface area (Å²) in [7, 11) is 0. The molecule has 3 nitrogen and oxygen atoms in total. The Labute approximate surface area is 199 Å². The average Bonchev–Trinajstić information content (AvgIpc) is 3.21. The quantitative estimate of drug-likeness (QED) is 0.308. The van der Waals surface area contributed by atoms with Gasteiger partial charge in [0.2, 0.25) is 0 Å². The summed E-state index contributed by atoms with van der Waals surface area (Å²) in [6.07, 6.45) is -4.90. The number of anilines is 1. The number of carbonyl (C=O) groups excluding carboxylic acids is 1. The van der Waals surface area contributed by atoms with Crippen LogP contribution in [0, 0.1) is 5.92 Å². The SMILES string of the molecule is CC(C)Cc1ccc(-c2csc(NC(=O)C(F)(F)C(F)(F)C(F)(F)C(F)(F)C(F)(F)C(F)F)n2)cc1. The Hall–Kier alpha value is -2.52. The van der Waals surface area contributed by atoms with Crippen LogP contribution in [0.1, 0.15) is 19.4 Å². The minimum Gasteiger partial charge on any atom is -0.296 e. The topological polar surface area (TPSA) is 42.0 Å². The molecule has 202 valence electrons. The summed E-state index contributed by atoms with van der Waals surface area (Å²) >= 11 is 0.359. The summed E-state index contributed by atoms with van der Waals surface area (Å²) < 4.78 is 159. The molecule has 0 radical (unpaired) electrons. The van der Waals surface area contributed by atoms with Gasteiger partial charge < -0.3 is 0 Å². The largest absolute Gasteiger partial charge is 0.393 e. The molecular weight excluding hydrogens is 544 g/mol. The third kappa shape index (κ3) is 5.00. The van der Waals surface area contributed by atoms with E-state index in [2.05, 4.69) is 4.98 Å². The van der Waals surface area contributed by atoms with Crippen molar-refractivity contribution in [1.82, 2.24) is 4.98 Å². The van der Waals surface area contributed by atoms with Crippen molar-refractivity contribution in [1.29, 1.82) is 0 Å². The minimum atomic E-state index is -7.79. The summed E-state index contributed by atoms with van der Waals surface area (Å²) in [6.45, 7) is 3.92. The van der Waals surface area contributed by atoms with Gasteiger partial charge in [0.1, 0.15) is 0 Å². The van der Waals surface area contributed by atoms with Crippen LogP contribution in [0.15, 0.2) is 29.6 Å². The first-order chi connectivity index (χ1) is 16.2. The number of carbonyl (C=O) groups is 1. The highest BCUT2D eigenvalue weighted by Crippen LogP contribution is 2.58. The minimum absolute atomic E-state index is 0.0231. The van der Waals surface area contributed by atoms with E-state index < -0.39 is 47.1 Å². The monoisotopic (exact) mass is 560 g/mol. The first kappa shape index (κ1) is 29.7. The molecule has 1 aromatic heterocycles. The number of hydrogen-bond donors (Lipinski definition) is 1. The Kier molecular flexibility index (Phi) is 8.04. The maximum absolute atomic E-state index is 13.9. The van der Waals surface area contributed by atoms with Crippen LogP contribution in [-0.2, 0) is 11.2 Å². The summed E-state index contributed by atoms with van der Waals surface area (Å²) in [5.74, 6) is -39.9. The van der Waals surface area contributed by atoms with E-state index >= 15 is 0 Å². The molecule has 0 aliphatic carbocycles. The molecule has 2 aromatic rings. The smallest absolute Gasteiger partial charge is 0.296 e. The van der Waals surface area contributed by atoms with Crippen molar-refractivity contribution < 1.29 is 57.5 Å². The van der Waals surface area contributed by atoms with Crippen molar-refractivity contribution in [2.75, 3.05) is 5.32 Å². The number of thiazole rings is 1. The fourth-order valence-corrected chi connectivity index (χ4v) is 3.52. The number of rotatable bonds is 10. The molecule has 1 N–H and O–H groups in total. The molecule has 1 amide bonds. The summed E-state index contributed by atoms with van der Waals surface area (Å²) in [5, 5.41) is 1.32. The lowest BCUT2D eigenvalue weighted by Gasteiger charge is -2.38. The first-order valence-corrected chi connectivity index (χ1v) is 10.6. The van der Waals surface area contributed by atoms with Gasteiger partial charge in [-0.2, -0.15) is 43.9 Å². The zero-order valence-electron chi connectivity index (χ0n) is 18.0. The Bertz CT molecular complexity index is 1070. The first-order valence-electron chi connectivity index (χ1n) is 9.73. The predicted molar refractivity (Wildman–Crippen MR) is 105 cm³/mol. The van der Waals surface area contributed by atoms with E-state index in [1.165, 1.54) is 0 Å². The molecule has 2 rings (SSSR count). The third-order valence-corrected chi connectivity index (χ3v) is 5.54. The molecular formula is C20H16F12N2OS. The van der Waals surface area contributed by atoms with Crippen LogP contribution in [0.25, 0.3) is 11.3 Å². The van der Waals surface area contributed by atoms with Gasteiger partial charge in [-0.05, 0) is 17.9 Å². The van der Waals surface area contributed by atoms with Gasteiger partial charge in [0.05, 0.1) is 5.69 Å². The Morgan fingerprint density at radius 1 is 0.889 bits per heavy atom. The van der Waals surface area contributed by atoms with E-state index in [1.807, 2.05) is 13.8 Å². The molecule has 0 fully saturated rings. The molecule has 0 spiro atoms. The highest BCUT2D eigenvalue weighted by molar-refractivity contribution is 7.14. The normalized spacial score (nSPS) is 14.0. The third-order valence-electron chi connectivity index (χ3n) is 4.78. The van der Waals surface area contributed by atoms with Crippen LogP contribution in [-0.4, -0.2) is 46.9 Å². The number of aromatic nitrogens is 1. The summed E-state index contributed by atoms with van der Waals surface area (Å²) in [6, 6.07) is 6.48. The van der Waals surface area contributed by atoms with Crippen molar-refractivity contribution >= 4 is 22.4 Å². The second-order valence-corrected chi connectivity index (χ2v) is 8.87. The van der Waals surface area contributed by atoms with Crippen molar-refractivity contribution in [3.05, 3.63) is 35.2 Å². The van der Waals surface area contributed by atoms with Crippen molar-refractivity contribution in [3.63, 3.8) is 0 Å². The van der Waals surface area contributed by atoms with E-state index in [9.17, 15) is 57.5 Å². The zero-order chi connectivity index (χ0) is 27.9. The molecule has 16 heteroatoms. The predicted octanol–water partition coefficient (Wildman–Crippen LogP) is 7.39. The lowest BCUT2D eigenvalue weighted by molar-refractivity contribution is -0.406. The van der Waals surface area contributed by atoms with E-state index in [1.54, 1.807) is 24.3 Å². The number of hydrogen-bond acceptors (Lipinski definition) is 3. The number of nitrogens with one attached hydrogen (secondary N) is 1. The molecule has 1 heterocycles. The fraction of sp³-hybridized carbons (Fsp3) is 0.500. The standard InChI is InChI=1S/C20H16F12N2OS/c1-9(2)7-10-3-5-11(6-4-10)12-8-36-15(33-12)34-14(35)17(25,26)19(29,30)20(31,32)18(27,28)16(23,24)13(21)22/h3-6,8-9,13H,7H2,1-2H3,(H,33,34,35). The number of halogens is 12. The van der Waals surface area contributed by atoms with Gasteiger partial charge in [-0.25, -0.2) is 13.8 Å². The van der Waals surface area contributed by atoms with Gasteiger partial charge >= 0.3 is 41.9 Å². The van der Waals surface area contributed by atoms with Crippen LogP contribution in [0.2, 0.25) is 0 Å². The van der Waals surface area contributed by atoms with Crippen LogP contribution in [0.3, 0.4) is 0 Å². The lowest BCUT2D eigenvalue weighted by Crippen LogP contribution is -2.70. The van der Waals surface area contributed by atoms with Gasteiger partial charge in [-0.1, -0.05) is 38.1 Å².